The first-order chi connectivity index (χ1) is 8.53. The highest BCUT2D eigenvalue weighted by Gasteiger charge is 2.49. The van der Waals surface area contributed by atoms with Crippen molar-refractivity contribution in [1.82, 2.24) is 0 Å². The second-order valence-corrected chi connectivity index (χ2v) is 5.79. The van der Waals surface area contributed by atoms with Crippen LogP contribution >= 0.6 is 15.9 Å². The van der Waals surface area contributed by atoms with Crippen molar-refractivity contribution in [3.05, 3.63) is 33.4 Å². The maximum atomic E-state index is 13.6. The van der Waals surface area contributed by atoms with Crippen LogP contribution in [0.1, 0.15) is 38.2 Å². The second-order valence-electron chi connectivity index (χ2n) is 4.88. The molecule has 1 rings (SSSR count). The lowest BCUT2D eigenvalue weighted by Crippen LogP contribution is -2.32. The first-order valence-electron chi connectivity index (χ1n) is 5.90. The van der Waals surface area contributed by atoms with Crippen molar-refractivity contribution >= 4 is 15.9 Å². The van der Waals surface area contributed by atoms with Gasteiger partial charge >= 0.3 is 12.3 Å². The molecule has 0 saturated heterocycles. The monoisotopic (exact) mass is 340 g/mol. The molecule has 0 heterocycles. The molecule has 1 unspecified atom stereocenters. The van der Waals surface area contributed by atoms with Crippen molar-refractivity contribution < 1.29 is 17.6 Å². The zero-order valence-corrected chi connectivity index (χ0v) is 13.1. The van der Waals surface area contributed by atoms with E-state index in [-0.39, 0.29) is 5.56 Å². The van der Waals surface area contributed by atoms with Crippen molar-refractivity contribution in [2.24, 2.45) is 0 Å². The molecule has 0 aliphatic heterocycles. The summed E-state index contributed by atoms with van der Waals surface area (Å²) in [5, 5.41) is 0. The van der Waals surface area contributed by atoms with Crippen LogP contribution in [0, 0.1) is 34.6 Å². The third-order valence-electron chi connectivity index (χ3n) is 3.94. The Morgan fingerprint density at radius 1 is 0.789 bits per heavy atom. The Labute approximate surface area is 119 Å². The molecule has 0 aliphatic rings. The predicted octanol–water partition coefficient (Wildman–Crippen LogP) is 5.57. The Kier molecular flexibility index (Phi) is 4.71. The van der Waals surface area contributed by atoms with Gasteiger partial charge in [0.05, 0.1) is 0 Å². The van der Waals surface area contributed by atoms with Crippen LogP contribution in [-0.4, -0.2) is 12.3 Å². The number of halogens is 5. The van der Waals surface area contributed by atoms with Crippen LogP contribution in [0.4, 0.5) is 17.6 Å². The van der Waals surface area contributed by atoms with Gasteiger partial charge in [0.15, 0.2) is 0 Å². The van der Waals surface area contributed by atoms with Gasteiger partial charge in [-0.25, -0.2) is 8.78 Å². The van der Waals surface area contributed by atoms with E-state index < -0.39 is 17.2 Å². The van der Waals surface area contributed by atoms with E-state index in [9.17, 15) is 17.6 Å². The highest BCUT2D eigenvalue weighted by Crippen LogP contribution is 2.46. The molecule has 0 saturated carbocycles. The fourth-order valence-corrected chi connectivity index (χ4v) is 3.10. The van der Waals surface area contributed by atoms with E-state index >= 15 is 0 Å². The molecule has 0 spiro atoms. The molecule has 0 aliphatic carbocycles. The predicted molar refractivity (Wildman–Crippen MR) is 72.7 cm³/mol. The maximum absolute atomic E-state index is 13.6. The molecule has 108 valence electrons. The Hall–Kier alpha value is -0.580. The van der Waals surface area contributed by atoms with Gasteiger partial charge in [-0.2, -0.15) is 8.78 Å². The van der Waals surface area contributed by atoms with Crippen LogP contribution in [0.25, 0.3) is 0 Å². The summed E-state index contributed by atoms with van der Waals surface area (Å²) in [6, 6.07) is 0. The van der Waals surface area contributed by atoms with Crippen LogP contribution in [0.2, 0.25) is 0 Å². The number of hydrogen-bond acceptors (Lipinski definition) is 0. The smallest absolute Gasteiger partial charge is 0.204 e. The fourth-order valence-electron chi connectivity index (χ4n) is 2.21. The van der Waals surface area contributed by atoms with Gasteiger partial charge < -0.3 is 0 Å². The summed E-state index contributed by atoms with van der Waals surface area (Å²) in [5.74, 6) is -4.09. The Morgan fingerprint density at radius 2 is 1.11 bits per heavy atom. The van der Waals surface area contributed by atoms with Gasteiger partial charge in [0.1, 0.15) is 4.83 Å². The minimum absolute atomic E-state index is 0.269. The normalized spacial score (nSPS) is 14.1. The van der Waals surface area contributed by atoms with Gasteiger partial charge in [-0.05, 0) is 68.0 Å². The molecule has 0 aromatic heterocycles. The summed E-state index contributed by atoms with van der Waals surface area (Å²) in [6.07, 6.45) is -3.70. The highest BCUT2D eigenvalue weighted by atomic mass is 79.9. The zero-order chi connectivity index (χ0) is 15.1. The number of rotatable bonds is 3. The molecular formula is C14H17BrF4. The standard InChI is InChI=1S/C14H17BrF4/c1-6-7(2)9(4)11(10(5)8(6)3)12(15)14(18,19)13(16)17/h12-13H,1-5H3. The van der Waals surface area contributed by atoms with Crippen molar-refractivity contribution in [2.45, 2.75) is 51.8 Å². The van der Waals surface area contributed by atoms with E-state index in [1.807, 2.05) is 20.8 Å². The topological polar surface area (TPSA) is 0 Å². The lowest BCUT2D eigenvalue weighted by atomic mass is 9.87. The largest absolute Gasteiger partial charge is 0.323 e. The van der Waals surface area contributed by atoms with Crippen LogP contribution in [0.15, 0.2) is 0 Å². The van der Waals surface area contributed by atoms with E-state index in [1.54, 1.807) is 13.8 Å². The maximum Gasteiger partial charge on any atom is 0.323 e. The molecule has 1 aromatic rings. The molecule has 0 amide bonds. The average Bonchev–Trinajstić information content (AvgIpc) is 2.33. The molecule has 0 N–H and O–H groups in total. The van der Waals surface area contributed by atoms with E-state index in [0.29, 0.717) is 11.1 Å². The second kappa shape index (κ2) is 5.43. The lowest BCUT2D eigenvalue weighted by Gasteiger charge is -2.27. The van der Waals surface area contributed by atoms with Gasteiger partial charge in [-0.15, -0.1) is 0 Å². The summed E-state index contributed by atoms with van der Waals surface area (Å²) >= 11 is 2.77. The van der Waals surface area contributed by atoms with Gasteiger partial charge in [-0.3, -0.25) is 0 Å². The SMILES string of the molecule is Cc1c(C)c(C)c(C(Br)C(F)(F)C(F)F)c(C)c1C. The highest BCUT2D eigenvalue weighted by molar-refractivity contribution is 9.09. The van der Waals surface area contributed by atoms with Crippen LogP contribution in [-0.2, 0) is 0 Å². The quantitative estimate of drug-likeness (QED) is 0.498. The Morgan fingerprint density at radius 3 is 1.42 bits per heavy atom. The van der Waals surface area contributed by atoms with Crippen LogP contribution < -0.4 is 0 Å². The number of alkyl halides is 5. The number of hydrogen-bond donors (Lipinski definition) is 0. The Bertz CT molecular complexity index is 466. The lowest BCUT2D eigenvalue weighted by molar-refractivity contribution is -0.128. The molecule has 0 radical (unpaired) electrons. The van der Waals surface area contributed by atoms with Crippen molar-refractivity contribution in [2.75, 3.05) is 0 Å². The molecule has 19 heavy (non-hydrogen) atoms. The summed E-state index contributed by atoms with van der Waals surface area (Å²) in [6.45, 7) is 8.93. The van der Waals surface area contributed by atoms with Crippen molar-refractivity contribution in [3.63, 3.8) is 0 Å². The first-order valence-corrected chi connectivity index (χ1v) is 6.81. The van der Waals surface area contributed by atoms with Crippen molar-refractivity contribution in [1.29, 1.82) is 0 Å². The Balaban J connectivity index is 3.53. The minimum Gasteiger partial charge on any atom is -0.204 e. The molecular weight excluding hydrogens is 324 g/mol. The fraction of sp³-hybridized carbons (Fsp3) is 0.571. The summed E-state index contributed by atoms with van der Waals surface area (Å²) in [5.41, 5.74) is 4.30. The van der Waals surface area contributed by atoms with E-state index in [1.165, 1.54) is 0 Å². The zero-order valence-electron chi connectivity index (χ0n) is 11.5. The van der Waals surface area contributed by atoms with Gasteiger partial charge in [0.25, 0.3) is 0 Å². The molecule has 0 bridgehead atoms. The van der Waals surface area contributed by atoms with Crippen molar-refractivity contribution in [3.8, 4) is 0 Å². The molecule has 1 aromatic carbocycles. The molecule has 5 heteroatoms. The average molecular weight is 341 g/mol. The first kappa shape index (κ1) is 16.5. The summed E-state index contributed by atoms with van der Waals surface area (Å²) in [4.78, 5) is -1.68. The number of benzene rings is 1. The van der Waals surface area contributed by atoms with E-state index in [2.05, 4.69) is 15.9 Å². The third kappa shape index (κ3) is 2.67. The third-order valence-corrected chi connectivity index (χ3v) is 5.01. The van der Waals surface area contributed by atoms with Gasteiger partial charge in [0.2, 0.25) is 0 Å². The van der Waals surface area contributed by atoms with Gasteiger partial charge in [0, 0.05) is 0 Å². The summed E-state index contributed by atoms with van der Waals surface area (Å²) < 4.78 is 52.1. The van der Waals surface area contributed by atoms with Gasteiger partial charge in [-0.1, -0.05) is 15.9 Å². The van der Waals surface area contributed by atoms with E-state index in [0.717, 1.165) is 16.7 Å². The van der Waals surface area contributed by atoms with Crippen LogP contribution in [0.5, 0.6) is 0 Å². The van der Waals surface area contributed by atoms with E-state index in [4.69, 9.17) is 0 Å². The molecule has 0 nitrogen and oxygen atoms in total. The summed E-state index contributed by atoms with van der Waals surface area (Å²) in [7, 11) is 0. The van der Waals surface area contributed by atoms with Crippen LogP contribution in [0.3, 0.4) is 0 Å². The molecule has 1 atom stereocenters. The molecule has 0 fully saturated rings. The minimum atomic E-state index is -4.09.